The molecule has 1 amide bonds. The average Bonchev–Trinajstić information content (AvgIpc) is 3.15. The maximum Gasteiger partial charge on any atom is 0.225 e. The topological polar surface area (TPSA) is 70.2 Å². The van der Waals surface area contributed by atoms with E-state index >= 15 is 0 Å². The van der Waals surface area contributed by atoms with Crippen LogP contribution in [0.25, 0.3) is 0 Å². The van der Waals surface area contributed by atoms with Gasteiger partial charge in [0.2, 0.25) is 5.91 Å². The van der Waals surface area contributed by atoms with Crippen molar-refractivity contribution in [3.8, 4) is 5.75 Å². The molecule has 134 valence electrons. The van der Waals surface area contributed by atoms with E-state index in [0.29, 0.717) is 12.3 Å². The van der Waals surface area contributed by atoms with Crippen molar-refractivity contribution in [1.82, 2.24) is 14.9 Å². The molecule has 2 aromatic rings. The number of H-pyrrole nitrogens is 1. The van der Waals surface area contributed by atoms with Crippen molar-refractivity contribution >= 4 is 11.6 Å². The molecule has 0 spiro atoms. The Balaban J connectivity index is 1.35. The lowest BCUT2D eigenvalue weighted by atomic mass is 9.92. The van der Waals surface area contributed by atoms with Gasteiger partial charge in [0.25, 0.3) is 0 Å². The number of likely N-dealkylation sites (tertiary alicyclic amines) is 1. The van der Waals surface area contributed by atoms with E-state index in [4.69, 9.17) is 4.74 Å². The van der Waals surface area contributed by atoms with Gasteiger partial charge in [0.05, 0.1) is 13.4 Å². The number of nitrogens with zero attached hydrogens (tertiary/aromatic N) is 2. The summed E-state index contributed by atoms with van der Waals surface area (Å²) in [7, 11) is 1.63. The number of carbonyl (C=O) groups is 1. The predicted molar refractivity (Wildman–Crippen MR) is 97.7 cm³/mol. The van der Waals surface area contributed by atoms with Crippen LogP contribution in [0.15, 0.2) is 36.8 Å². The third kappa shape index (κ3) is 5.32. The number of aromatic amines is 1. The number of hydrogen-bond donors (Lipinski definition) is 2. The lowest BCUT2D eigenvalue weighted by Gasteiger charge is -2.31. The number of anilines is 1. The largest absolute Gasteiger partial charge is 0.497 e. The minimum Gasteiger partial charge on any atom is -0.497 e. The lowest BCUT2D eigenvalue weighted by molar-refractivity contribution is -0.116. The fraction of sp³-hybridized carbons (Fsp3) is 0.474. The molecule has 6 nitrogen and oxygen atoms in total. The van der Waals surface area contributed by atoms with Gasteiger partial charge in [0.15, 0.2) is 0 Å². The van der Waals surface area contributed by atoms with Crippen LogP contribution in [-0.4, -0.2) is 47.5 Å². The third-order valence-corrected chi connectivity index (χ3v) is 4.80. The first-order chi connectivity index (χ1) is 12.2. The maximum atomic E-state index is 12.1. The van der Waals surface area contributed by atoms with Gasteiger partial charge in [-0.05, 0) is 62.5 Å². The summed E-state index contributed by atoms with van der Waals surface area (Å²) in [5, 5.41) is 2.94. The zero-order chi connectivity index (χ0) is 17.5. The minimum absolute atomic E-state index is 0.0600. The molecular weight excluding hydrogens is 316 g/mol. The number of piperidine rings is 1. The van der Waals surface area contributed by atoms with Crippen LogP contribution in [0.2, 0.25) is 0 Å². The molecule has 2 N–H and O–H groups in total. The molecule has 0 saturated carbocycles. The van der Waals surface area contributed by atoms with Crippen LogP contribution in [0.5, 0.6) is 5.75 Å². The Bertz CT molecular complexity index is 647. The minimum atomic E-state index is 0.0600. The van der Waals surface area contributed by atoms with E-state index in [9.17, 15) is 4.79 Å². The van der Waals surface area contributed by atoms with Gasteiger partial charge in [0, 0.05) is 30.5 Å². The number of nitrogens with one attached hydrogen (secondary N) is 2. The molecule has 0 radical (unpaired) electrons. The second kappa shape index (κ2) is 8.67. The van der Waals surface area contributed by atoms with Crippen molar-refractivity contribution in [1.29, 1.82) is 0 Å². The van der Waals surface area contributed by atoms with E-state index in [2.05, 4.69) is 20.2 Å². The summed E-state index contributed by atoms with van der Waals surface area (Å²) in [5.41, 5.74) is 2.03. The van der Waals surface area contributed by atoms with Crippen molar-refractivity contribution in [2.24, 2.45) is 5.92 Å². The molecule has 6 heteroatoms. The van der Waals surface area contributed by atoms with Gasteiger partial charge < -0.3 is 19.9 Å². The average molecular weight is 342 g/mol. The van der Waals surface area contributed by atoms with E-state index in [-0.39, 0.29) is 5.91 Å². The second-order valence-electron chi connectivity index (χ2n) is 6.59. The summed E-state index contributed by atoms with van der Waals surface area (Å²) in [6.07, 6.45) is 7.61. The maximum absolute atomic E-state index is 12.1. The molecule has 2 heterocycles. The monoisotopic (exact) mass is 342 g/mol. The van der Waals surface area contributed by atoms with E-state index in [1.54, 1.807) is 13.4 Å². The molecule has 3 rings (SSSR count). The molecule has 1 saturated heterocycles. The predicted octanol–water partition coefficient (Wildman–Crippen LogP) is 2.70. The molecule has 0 aliphatic carbocycles. The van der Waals surface area contributed by atoms with Gasteiger partial charge >= 0.3 is 0 Å². The number of hydrogen-bond acceptors (Lipinski definition) is 4. The van der Waals surface area contributed by atoms with Crippen LogP contribution in [-0.2, 0) is 11.2 Å². The van der Waals surface area contributed by atoms with Crippen LogP contribution in [0.3, 0.4) is 0 Å². The quantitative estimate of drug-likeness (QED) is 0.812. The standard InChI is InChI=1S/C19H26N4O2/c1-25-18-4-2-16(3-5-18)22-19(24)8-11-23-9-6-15(7-10-23)12-17-13-20-14-21-17/h2-5,13-15H,6-12H2,1H3,(H,20,21)(H,22,24). The Kier molecular flexibility index (Phi) is 6.06. The van der Waals surface area contributed by atoms with E-state index in [1.165, 1.54) is 18.5 Å². The van der Waals surface area contributed by atoms with Gasteiger partial charge in [-0.3, -0.25) is 4.79 Å². The van der Waals surface area contributed by atoms with Gasteiger partial charge in [-0.2, -0.15) is 0 Å². The van der Waals surface area contributed by atoms with E-state index in [1.807, 2.05) is 30.5 Å². The summed E-state index contributed by atoms with van der Waals surface area (Å²) in [6, 6.07) is 7.41. The van der Waals surface area contributed by atoms with Crippen LogP contribution in [0.4, 0.5) is 5.69 Å². The summed E-state index contributed by atoms with van der Waals surface area (Å²) in [4.78, 5) is 21.8. The molecule has 1 aromatic carbocycles. The number of ether oxygens (including phenoxy) is 1. The molecule has 0 atom stereocenters. The fourth-order valence-corrected chi connectivity index (χ4v) is 3.28. The van der Waals surface area contributed by atoms with Crippen LogP contribution in [0.1, 0.15) is 25.0 Å². The fourth-order valence-electron chi connectivity index (χ4n) is 3.28. The molecule has 1 fully saturated rings. The molecule has 0 bridgehead atoms. The number of carbonyl (C=O) groups excluding carboxylic acids is 1. The van der Waals surface area contributed by atoms with Crippen LogP contribution in [0, 0.1) is 5.92 Å². The van der Waals surface area contributed by atoms with Gasteiger partial charge in [-0.15, -0.1) is 0 Å². The first kappa shape index (κ1) is 17.5. The Morgan fingerprint density at radius 3 is 2.72 bits per heavy atom. The van der Waals surface area contributed by atoms with Gasteiger partial charge in [-0.25, -0.2) is 4.98 Å². The molecule has 1 aliphatic rings. The highest BCUT2D eigenvalue weighted by Crippen LogP contribution is 2.21. The lowest BCUT2D eigenvalue weighted by Crippen LogP contribution is -2.36. The molecule has 25 heavy (non-hydrogen) atoms. The Hall–Kier alpha value is -2.34. The first-order valence-electron chi connectivity index (χ1n) is 8.86. The summed E-state index contributed by atoms with van der Waals surface area (Å²) in [6.45, 7) is 2.95. The number of aromatic nitrogens is 2. The highest BCUT2D eigenvalue weighted by molar-refractivity contribution is 5.90. The zero-order valence-corrected chi connectivity index (χ0v) is 14.7. The Morgan fingerprint density at radius 2 is 2.08 bits per heavy atom. The van der Waals surface area contributed by atoms with E-state index < -0.39 is 0 Å². The van der Waals surface area contributed by atoms with Crippen LogP contribution < -0.4 is 10.1 Å². The van der Waals surface area contributed by atoms with E-state index in [0.717, 1.165) is 37.5 Å². The number of amides is 1. The van der Waals surface area contributed by atoms with Crippen molar-refractivity contribution in [3.63, 3.8) is 0 Å². The van der Waals surface area contributed by atoms with Crippen LogP contribution >= 0.6 is 0 Å². The molecule has 0 unspecified atom stereocenters. The Morgan fingerprint density at radius 1 is 1.32 bits per heavy atom. The molecule has 1 aromatic heterocycles. The van der Waals surface area contributed by atoms with Gasteiger partial charge in [0.1, 0.15) is 5.75 Å². The normalized spacial score (nSPS) is 15.9. The second-order valence-corrected chi connectivity index (χ2v) is 6.59. The Labute approximate surface area is 148 Å². The summed E-state index contributed by atoms with van der Waals surface area (Å²) in [5.74, 6) is 1.56. The van der Waals surface area contributed by atoms with Crippen molar-refractivity contribution in [2.75, 3.05) is 32.1 Å². The van der Waals surface area contributed by atoms with Crippen molar-refractivity contribution in [2.45, 2.75) is 25.7 Å². The number of benzene rings is 1. The van der Waals surface area contributed by atoms with Gasteiger partial charge in [-0.1, -0.05) is 0 Å². The van der Waals surface area contributed by atoms with Crippen molar-refractivity contribution < 1.29 is 9.53 Å². The summed E-state index contributed by atoms with van der Waals surface area (Å²) >= 11 is 0. The van der Waals surface area contributed by atoms with Crippen molar-refractivity contribution in [3.05, 3.63) is 42.5 Å². The highest BCUT2D eigenvalue weighted by atomic mass is 16.5. The summed E-state index contributed by atoms with van der Waals surface area (Å²) < 4.78 is 5.12. The number of imidazole rings is 1. The first-order valence-corrected chi connectivity index (χ1v) is 8.86. The third-order valence-electron chi connectivity index (χ3n) is 4.80. The number of rotatable bonds is 7. The SMILES string of the molecule is COc1ccc(NC(=O)CCN2CCC(Cc3cnc[nH]3)CC2)cc1. The highest BCUT2D eigenvalue weighted by Gasteiger charge is 2.20. The number of methoxy groups -OCH3 is 1. The zero-order valence-electron chi connectivity index (χ0n) is 14.7. The molecule has 1 aliphatic heterocycles. The molecular formula is C19H26N4O2. The smallest absolute Gasteiger partial charge is 0.225 e.